The second-order valence-electron chi connectivity index (χ2n) is 9.29. The maximum absolute atomic E-state index is 12.7. The van der Waals surface area contributed by atoms with E-state index in [1.54, 1.807) is 21.1 Å². The zero-order chi connectivity index (χ0) is 20.4. The Morgan fingerprint density at radius 3 is 2.46 bits per heavy atom. The van der Waals surface area contributed by atoms with Crippen molar-refractivity contribution in [3.8, 4) is 0 Å². The van der Waals surface area contributed by atoms with Gasteiger partial charge in [0.05, 0.1) is 5.52 Å². The summed E-state index contributed by atoms with van der Waals surface area (Å²) < 4.78 is 3.40. The van der Waals surface area contributed by atoms with Crippen LogP contribution in [0.4, 0.5) is 4.79 Å². The van der Waals surface area contributed by atoms with Gasteiger partial charge in [-0.2, -0.15) is 0 Å². The van der Waals surface area contributed by atoms with Crippen LogP contribution in [0, 0.1) is 11.3 Å². The van der Waals surface area contributed by atoms with E-state index >= 15 is 0 Å². The van der Waals surface area contributed by atoms with Gasteiger partial charge in [0.2, 0.25) is 5.91 Å². The molecule has 8 nitrogen and oxygen atoms in total. The lowest BCUT2D eigenvalue weighted by molar-refractivity contribution is -0.124. The average molecular weight is 385 g/mol. The number of imide groups is 1. The molecule has 0 radical (unpaired) electrons. The summed E-state index contributed by atoms with van der Waals surface area (Å²) in [5, 5.41) is 0. The number of carbonyl (C=O) groups is 2. The number of hydrogen-bond acceptors (Lipinski definition) is 4. The number of nitrogens with zero attached hydrogens (tertiary/aromatic N) is 5. The Labute approximate surface area is 163 Å². The van der Waals surface area contributed by atoms with Crippen LogP contribution in [0.5, 0.6) is 0 Å². The normalized spacial score (nSPS) is 22.6. The van der Waals surface area contributed by atoms with E-state index in [1.807, 2.05) is 12.1 Å². The van der Waals surface area contributed by atoms with Crippen molar-refractivity contribution in [3.63, 3.8) is 0 Å². The molecule has 1 aliphatic carbocycles. The number of hydrogen-bond donors (Lipinski definition) is 0. The lowest BCUT2D eigenvalue weighted by atomic mass is 9.97. The van der Waals surface area contributed by atoms with Crippen LogP contribution < -0.4 is 5.69 Å². The van der Waals surface area contributed by atoms with Crippen molar-refractivity contribution in [1.82, 2.24) is 23.9 Å². The van der Waals surface area contributed by atoms with Crippen LogP contribution in [0.1, 0.15) is 38.8 Å². The molecule has 2 atom stereocenters. The smallest absolute Gasteiger partial charge is 0.315 e. The molecule has 0 bridgehead atoms. The second-order valence-corrected chi connectivity index (χ2v) is 9.29. The van der Waals surface area contributed by atoms with Gasteiger partial charge in [-0.3, -0.25) is 18.8 Å². The molecule has 4 rings (SSSR count). The SMILES string of the molecule is CN1C(=O)CN(C[C@@H]2C[C@H]2c2ccc3c(n2)n(C)c(=O)n3CC(C)(C)C)C1=O. The Hall–Kier alpha value is -2.64. The molecule has 0 aromatic carbocycles. The molecule has 3 amide bonds. The van der Waals surface area contributed by atoms with E-state index in [0.29, 0.717) is 24.7 Å². The highest BCUT2D eigenvalue weighted by Crippen LogP contribution is 2.47. The minimum absolute atomic E-state index is 0.00870. The van der Waals surface area contributed by atoms with Crippen molar-refractivity contribution in [1.29, 1.82) is 0 Å². The molecule has 3 heterocycles. The molecule has 2 fully saturated rings. The van der Waals surface area contributed by atoms with Crippen LogP contribution in [0.15, 0.2) is 16.9 Å². The highest BCUT2D eigenvalue weighted by atomic mass is 16.2. The van der Waals surface area contributed by atoms with Crippen LogP contribution in [0.25, 0.3) is 11.2 Å². The maximum Gasteiger partial charge on any atom is 0.330 e. The molecule has 1 saturated carbocycles. The number of amides is 3. The minimum atomic E-state index is -0.222. The van der Waals surface area contributed by atoms with E-state index in [1.165, 1.54) is 11.9 Å². The number of likely N-dealkylation sites (N-methyl/N-ethyl adjacent to an activating group) is 1. The fourth-order valence-electron chi connectivity index (χ4n) is 4.01. The van der Waals surface area contributed by atoms with Crippen molar-refractivity contribution in [2.75, 3.05) is 20.1 Å². The third-order valence-electron chi connectivity index (χ3n) is 5.65. The molecule has 2 aromatic rings. The lowest BCUT2D eigenvalue weighted by Crippen LogP contribution is -2.31. The van der Waals surface area contributed by atoms with Gasteiger partial charge in [0.1, 0.15) is 6.54 Å². The van der Waals surface area contributed by atoms with Gasteiger partial charge in [0.15, 0.2) is 5.65 Å². The van der Waals surface area contributed by atoms with Gasteiger partial charge in [0.25, 0.3) is 0 Å². The quantitative estimate of drug-likeness (QED) is 0.752. The number of carbonyl (C=O) groups excluding carboxylic acids is 2. The summed E-state index contributed by atoms with van der Waals surface area (Å²) in [5.74, 6) is 0.415. The van der Waals surface area contributed by atoms with E-state index < -0.39 is 0 Å². The van der Waals surface area contributed by atoms with Crippen LogP contribution in [-0.4, -0.2) is 56.0 Å². The molecule has 150 valence electrons. The largest absolute Gasteiger partial charge is 0.330 e. The molecule has 2 aromatic heterocycles. The second kappa shape index (κ2) is 6.18. The van der Waals surface area contributed by atoms with E-state index in [2.05, 4.69) is 20.8 Å². The van der Waals surface area contributed by atoms with Crippen LogP contribution in [-0.2, 0) is 18.4 Å². The monoisotopic (exact) mass is 385 g/mol. The first-order valence-corrected chi connectivity index (χ1v) is 9.68. The van der Waals surface area contributed by atoms with E-state index in [9.17, 15) is 14.4 Å². The van der Waals surface area contributed by atoms with Crippen molar-refractivity contribution in [3.05, 3.63) is 28.3 Å². The van der Waals surface area contributed by atoms with Crippen molar-refractivity contribution in [2.45, 2.75) is 39.7 Å². The molecule has 0 unspecified atom stereocenters. The number of fused-ring (bicyclic) bond motifs is 1. The summed E-state index contributed by atoms with van der Waals surface area (Å²) >= 11 is 0. The van der Waals surface area contributed by atoms with E-state index in [0.717, 1.165) is 17.6 Å². The molecule has 1 saturated heterocycles. The molecular formula is C20H27N5O3. The molecule has 2 aliphatic rings. The number of imidazole rings is 1. The molecule has 8 heteroatoms. The Morgan fingerprint density at radius 2 is 1.86 bits per heavy atom. The average Bonchev–Trinajstić information content (AvgIpc) is 3.31. The fraction of sp³-hybridized carbons (Fsp3) is 0.600. The Balaban J connectivity index is 1.55. The molecule has 0 spiro atoms. The van der Waals surface area contributed by atoms with Crippen molar-refractivity contribution >= 4 is 23.1 Å². The number of aromatic nitrogens is 3. The first kappa shape index (κ1) is 18.7. The fourth-order valence-corrected chi connectivity index (χ4v) is 4.01. The van der Waals surface area contributed by atoms with E-state index in [4.69, 9.17) is 4.98 Å². The minimum Gasteiger partial charge on any atom is -0.315 e. The van der Waals surface area contributed by atoms with Crippen LogP contribution >= 0.6 is 0 Å². The van der Waals surface area contributed by atoms with Gasteiger partial charge < -0.3 is 4.90 Å². The molecule has 28 heavy (non-hydrogen) atoms. The highest BCUT2D eigenvalue weighted by molar-refractivity contribution is 6.01. The Bertz CT molecular complexity index is 1030. The first-order chi connectivity index (χ1) is 13.1. The van der Waals surface area contributed by atoms with Gasteiger partial charge in [-0.25, -0.2) is 14.6 Å². The van der Waals surface area contributed by atoms with Gasteiger partial charge >= 0.3 is 11.7 Å². The predicted molar refractivity (Wildman–Crippen MR) is 105 cm³/mol. The molecule has 1 aliphatic heterocycles. The summed E-state index contributed by atoms with van der Waals surface area (Å²) in [6.45, 7) is 7.69. The van der Waals surface area contributed by atoms with E-state index in [-0.39, 0.29) is 35.5 Å². The number of rotatable bonds is 4. The number of pyridine rings is 1. The van der Waals surface area contributed by atoms with Gasteiger partial charge in [-0.05, 0) is 29.9 Å². The lowest BCUT2D eigenvalue weighted by Gasteiger charge is -2.18. The summed E-state index contributed by atoms with van der Waals surface area (Å²) in [5.41, 5.74) is 2.44. The zero-order valence-corrected chi connectivity index (χ0v) is 17.1. The number of aryl methyl sites for hydroxylation is 1. The summed E-state index contributed by atoms with van der Waals surface area (Å²) in [4.78, 5) is 44.0. The Morgan fingerprint density at radius 1 is 1.14 bits per heavy atom. The third-order valence-corrected chi connectivity index (χ3v) is 5.65. The molecular weight excluding hydrogens is 358 g/mol. The summed E-state index contributed by atoms with van der Waals surface area (Å²) in [7, 11) is 3.28. The van der Waals surface area contributed by atoms with Crippen LogP contribution in [0.2, 0.25) is 0 Å². The number of urea groups is 1. The topological polar surface area (TPSA) is 80.4 Å². The Kier molecular flexibility index (Phi) is 4.13. The van der Waals surface area contributed by atoms with Crippen molar-refractivity contribution in [2.24, 2.45) is 18.4 Å². The van der Waals surface area contributed by atoms with Gasteiger partial charge in [-0.1, -0.05) is 20.8 Å². The maximum atomic E-state index is 12.7. The van der Waals surface area contributed by atoms with Gasteiger partial charge in [0, 0.05) is 38.8 Å². The highest BCUT2D eigenvalue weighted by Gasteiger charge is 2.44. The molecule has 0 N–H and O–H groups in total. The van der Waals surface area contributed by atoms with Gasteiger partial charge in [-0.15, -0.1) is 0 Å². The third kappa shape index (κ3) is 3.10. The first-order valence-electron chi connectivity index (χ1n) is 9.68. The summed E-state index contributed by atoms with van der Waals surface area (Å²) in [6.07, 6.45) is 0.941. The predicted octanol–water partition coefficient (Wildman–Crippen LogP) is 1.78. The zero-order valence-electron chi connectivity index (χ0n) is 17.1. The van der Waals surface area contributed by atoms with Crippen LogP contribution in [0.3, 0.4) is 0 Å². The standard InChI is InChI=1S/C20H27N5O3/c1-20(2,3)11-25-15-7-6-14(21-17(15)23(5)19(25)28)13-8-12(13)9-24-10-16(26)22(4)18(24)27/h6-7,12-13H,8-11H2,1-5H3/t12-,13+/m0/s1. The summed E-state index contributed by atoms with van der Waals surface area (Å²) in [6, 6.07) is 3.76. The van der Waals surface area contributed by atoms with Crippen molar-refractivity contribution < 1.29 is 9.59 Å².